The molecule has 37 heavy (non-hydrogen) atoms. The molecule has 0 aliphatic heterocycles. The number of rotatable bonds is 8. The fourth-order valence-electron chi connectivity index (χ4n) is 8.38. The minimum absolute atomic E-state index is 0.227. The Hall–Kier alpha value is -2.80. The lowest BCUT2D eigenvalue weighted by Crippen LogP contribution is -2.60. The average Bonchev–Trinajstić information content (AvgIpc) is 3.31. The van der Waals surface area contributed by atoms with Crippen molar-refractivity contribution in [3.63, 3.8) is 0 Å². The van der Waals surface area contributed by atoms with Crippen molar-refractivity contribution < 1.29 is 17.9 Å². The molecular weight excluding hydrogens is 475 g/mol. The Bertz CT molecular complexity index is 1350. The van der Waals surface area contributed by atoms with Gasteiger partial charge in [-0.3, -0.25) is 4.98 Å². The molecule has 0 amide bonds. The van der Waals surface area contributed by atoms with Crippen LogP contribution in [0.5, 0.6) is 5.75 Å². The van der Waals surface area contributed by atoms with E-state index in [1.54, 1.807) is 6.07 Å². The summed E-state index contributed by atoms with van der Waals surface area (Å²) in [4.78, 5) is 4.52. The van der Waals surface area contributed by atoms with Gasteiger partial charge in [-0.05, 0) is 99.4 Å². The molecule has 7 heteroatoms. The smallest absolute Gasteiger partial charge is 0.416 e. The molecule has 7 rings (SSSR count). The topological polar surface area (TPSA) is 46.2 Å². The van der Waals surface area contributed by atoms with Crippen LogP contribution in [0.1, 0.15) is 49.8 Å². The van der Waals surface area contributed by atoms with Crippen LogP contribution in [0, 0.1) is 30.1 Å². The highest BCUT2D eigenvalue weighted by molar-refractivity contribution is 5.93. The number of ether oxygens (including phenoxy) is 1. The minimum atomic E-state index is -4.46. The van der Waals surface area contributed by atoms with Crippen molar-refractivity contribution in [1.82, 2.24) is 10.3 Å². The third kappa shape index (κ3) is 3.72. The van der Waals surface area contributed by atoms with E-state index in [-0.39, 0.29) is 5.75 Å². The lowest BCUT2D eigenvalue weighted by Gasteiger charge is -2.66. The fraction of sp³-hybridized carbons (Fsp3) is 0.500. The number of nitrogens with zero attached hydrogens (tertiary/aromatic N) is 1. The summed E-state index contributed by atoms with van der Waals surface area (Å²) in [6.45, 7) is 3.09. The van der Waals surface area contributed by atoms with Crippen molar-refractivity contribution >= 4 is 22.3 Å². The van der Waals surface area contributed by atoms with Crippen LogP contribution >= 0.6 is 0 Å². The van der Waals surface area contributed by atoms with Gasteiger partial charge in [-0.1, -0.05) is 18.2 Å². The van der Waals surface area contributed by atoms with Gasteiger partial charge in [0.2, 0.25) is 0 Å². The maximum Gasteiger partial charge on any atom is 0.416 e. The fourth-order valence-corrected chi connectivity index (χ4v) is 8.38. The van der Waals surface area contributed by atoms with Crippen molar-refractivity contribution in [2.24, 2.45) is 23.2 Å². The molecule has 194 valence electrons. The van der Waals surface area contributed by atoms with E-state index < -0.39 is 11.7 Å². The second-order valence-electron chi connectivity index (χ2n) is 11.9. The zero-order valence-corrected chi connectivity index (χ0v) is 21.0. The third-order valence-corrected chi connectivity index (χ3v) is 9.78. The summed E-state index contributed by atoms with van der Waals surface area (Å²) in [6, 6.07) is 13.3. The van der Waals surface area contributed by atoms with Gasteiger partial charge in [0.25, 0.3) is 0 Å². The molecule has 4 fully saturated rings. The highest BCUT2D eigenvalue weighted by Gasteiger charge is 2.77. The number of aryl methyl sites for hydroxylation is 1. The standard InChI is InChI=1S/C30H32F3N3O/c1-18-9-27(25-5-2-3-6-26(25)35-18)36-23-12-20(30(31,32)33)13-24(14-23)37-8-4-7-34-28-15-21-10-19-11-22(16-28)29(19,21)17-28/h2-3,5-6,9,12-14,19,21-22,34H,4,7-8,10-11,15-17H2,1H3,(H,35,36). The first kappa shape index (κ1) is 23.3. The monoisotopic (exact) mass is 507 g/mol. The third-order valence-electron chi connectivity index (χ3n) is 9.78. The Labute approximate surface area is 215 Å². The molecule has 0 saturated heterocycles. The molecule has 4 nitrogen and oxygen atoms in total. The van der Waals surface area contributed by atoms with Crippen molar-refractivity contribution in [1.29, 1.82) is 0 Å². The second kappa shape index (κ2) is 8.10. The molecular formula is C30H32F3N3O. The number of anilines is 2. The number of hydrogen-bond acceptors (Lipinski definition) is 4. The van der Waals surface area contributed by atoms with Crippen molar-refractivity contribution in [2.75, 3.05) is 18.5 Å². The molecule has 2 bridgehead atoms. The van der Waals surface area contributed by atoms with Gasteiger partial charge >= 0.3 is 6.18 Å². The molecule has 3 aromatic rings. The number of aromatic nitrogens is 1. The predicted molar refractivity (Wildman–Crippen MR) is 138 cm³/mol. The van der Waals surface area contributed by atoms with Crippen LogP contribution in [0.2, 0.25) is 0 Å². The first-order chi connectivity index (χ1) is 17.7. The molecule has 0 radical (unpaired) electrons. The van der Waals surface area contributed by atoms with Crippen molar-refractivity contribution in [3.05, 3.63) is 59.8 Å². The Morgan fingerprint density at radius 1 is 1.03 bits per heavy atom. The van der Waals surface area contributed by atoms with Gasteiger partial charge in [0.15, 0.2) is 0 Å². The average molecular weight is 508 g/mol. The van der Waals surface area contributed by atoms with Gasteiger partial charge < -0.3 is 15.4 Å². The first-order valence-electron chi connectivity index (χ1n) is 13.5. The normalized spacial score (nSPS) is 31.1. The molecule has 4 aliphatic rings. The maximum absolute atomic E-state index is 13.7. The number of hydrogen-bond donors (Lipinski definition) is 2. The van der Waals surface area contributed by atoms with E-state index in [0.717, 1.165) is 65.1 Å². The number of para-hydroxylation sites is 1. The summed E-state index contributed by atoms with van der Waals surface area (Å²) >= 11 is 0. The van der Waals surface area contributed by atoms with Crippen LogP contribution in [-0.2, 0) is 6.18 Å². The van der Waals surface area contributed by atoms with Crippen molar-refractivity contribution in [3.8, 4) is 5.75 Å². The second-order valence-corrected chi connectivity index (χ2v) is 11.9. The summed E-state index contributed by atoms with van der Waals surface area (Å²) in [6.07, 6.45) is 3.13. The zero-order valence-electron chi connectivity index (χ0n) is 21.0. The molecule has 1 spiro atoms. The number of pyridine rings is 1. The first-order valence-corrected chi connectivity index (χ1v) is 13.5. The summed E-state index contributed by atoms with van der Waals surface area (Å²) in [5.74, 6) is 3.09. The molecule has 4 aliphatic carbocycles. The number of alkyl halides is 3. The zero-order chi connectivity index (χ0) is 25.4. The summed E-state index contributed by atoms with van der Waals surface area (Å²) in [7, 11) is 0. The number of halogens is 3. The quantitative estimate of drug-likeness (QED) is 0.316. The van der Waals surface area contributed by atoms with E-state index >= 15 is 0 Å². The van der Waals surface area contributed by atoms with Crippen molar-refractivity contribution in [2.45, 2.75) is 57.2 Å². The highest BCUT2D eigenvalue weighted by Crippen LogP contribution is 2.82. The van der Waals surface area contributed by atoms with Gasteiger partial charge in [0.1, 0.15) is 5.75 Å². The number of nitrogens with one attached hydrogen (secondary N) is 2. The highest BCUT2D eigenvalue weighted by atomic mass is 19.4. The minimum Gasteiger partial charge on any atom is -0.493 e. The molecule has 2 atom stereocenters. The lowest BCUT2D eigenvalue weighted by atomic mass is 9.38. The Kier molecular flexibility index (Phi) is 5.11. The number of benzene rings is 2. The van der Waals surface area contributed by atoms with E-state index in [1.807, 2.05) is 37.3 Å². The maximum atomic E-state index is 13.7. The van der Waals surface area contributed by atoms with E-state index in [4.69, 9.17) is 4.74 Å². The van der Waals surface area contributed by atoms with Gasteiger partial charge in [-0.25, -0.2) is 0 Å². The SMILES string of the molecule is Cc1cc(Nc2cc(OCCCNC34CC5CC6CC(C3)C65C4)cc(C(F)(F)F)c2)c2ccccc2n1. The Morgan fingerprint density at radius 3 is 2.54 bits per heavy atom. The Morgan fingerprint density at radius 2 is 1.81 bits per heavy atom. The molecule has 2 N–H and O–H groups in total. The summed E-state index contributed by atoms with van der Waals surface area (Å²) in [5, 5.41) is 7.89. The molecule has 1 heterocycles. The van der Waals surface area contributed by atoms with Gasteiger partial charge in [0, 0.05) is 34.1 Å². The molecule has 4 saturated carbocycles. The van der Waals surface area contributed by atoms with Crippen LogP contribution in [0.4, 0.5) is 24.5 Å². The molecule has 1 aromatic heterocycles. The summed E-state index contributed by atoms with van der Waals surface area (Å²) < 4.78 is 47.0. The predicted octanol–water partition coefficient (Wildman–Crippen LogP) is 7.24. The van der Waals surface area contributed by atoms with Crippen LogP contribution in [-0.4, -0.2) is 23.7 Å². The van der Waals surface area contributed by atoms with E-state index in [9.17, 15) is 13.2 Å². The summed E-state index contributed by atoms with van der Waals surface area (Å²) in [5.41, 5.74) is 2.90. The van der Waals surface area contributed by atoms with Crippen LogP contribution in [0.15, 0.2) is 48.5 Å². The lowest BCUT2D eigenvalue weighted by molar-refractivity contribution is -0.175. The Balaban J connectivity index is 1.03. The van der Waals surface area contributed by atoms with E-state index in [2.05, 4.69) is 15.6 Å². The van der Waals surface area contributed by atoms with E-state index in [1.165, 1.54) is 32.1 Å². The van der Waals surface area contributed by atoms with Crippen LogP contribution < -0.4 is 15.4 Å². The molecule has 2 unspecified atom stereocenters. The molecule has 2 aromatic carbocycles. The van der Waals surface area contributed by atoms with Gasteiger partial charge in [0.05, 0.1) is 17.7 Å². The largest absolute Gasteiger partial charge is 0.493 e. The number of fused-ring (bicyclic) bond motifs is 2. The van der Waals surface area contributed by atoms with E-state index in [0.29, 0.717) is 23.2 Å². The van der Waals surface area contributed by atoms with Crippen LogP contribution in [0.3, 0.4) is 0 Å². The van der Waals surface area contributed by atoms with Gasteiger partial charge in [-0.15, -0.1) is 0 Å². The van der Waals surface area contributed by atoms with Gasteiger partial charge in [-0.2, -0.15) is 13.2 Å². The van der Waals surface area contributed by atoms with Crippen LogP contribution in [0.25, 0.3) is 10.9 Å².